The summed E-state index contributed by atoms with van der Waals surface area (Å²) in [6.07, 6.45) is 4.29. The van der Waals surface area contributed by atoms with Crippen molar-refractivity contribution >= 4 is 23.0 Å². The fourth-order valence-corrected chi connectivity index (χ4v) is 1.49. The maximum Gasteiger partial charge on any atom is 0.303 e. The molecule has 1 aromatic carbocycles. The Labute approximate surface area is 93.0 Å². The molecule has 2 rings (SSSR count). The molecular formula is C13H12O3. The van der Waals surface area contributed by atoms with Crippen molar-refractivity contribution < 1.29 is 14.3 Å². The van der Waals surface area contributed by atoms with Crippen LogP contribution in [-0.4, -0.2) is 11.1 Å². The van der Waals surface area contributed by atoms with Gasteiger partial charge in [0.25, 0.3) is 0 Å². The van der Waals surface area contributed by atoms with Gasteiger partial charge in [-0.25, -0.2) is 0 Å². The third-order valence-corrected chi connectivity index (χ3v) is 2.25. The second-order valence-corrected chi connectivity index (χ2v) is 3.52. The van der Waals surface area contributed by atoms with Crippen LogP contribution in [0.4, 0.5) is 0 Å². The van der Waals surface area contributed by atoms with Crippen LogP contribution in [0.2, 0.25) is 0 Å². The molecule has 0 saturated carbocycles. The van der Waals surface area contributed by atoms with Crippen LogP contribution in [0.3, 0.4) is 0 Å². The van der Waals surface area contributed by atoms with E-state index in [0.29, 0.717) is 6.42 Å². The molecule has 0 atom stereocenters. The molecular weight excluding hydrogens is 204 g/mol. The molecule has 16 heavy (non-hydrogen) atoms. The summed E-state index contributed by atoms with van der Waals surface area (Å²) in [7, 11) is 0. The molecule has 0 bridgehead atoms. The van der Waals surface area contributed by atoms with Gasteiger partial charge in [-0.05, 0) is 24.6 Å². The van der Waals surface area contributed by atoms with Gasteiger partial charge in [0.05, 0.1) is 0 Å². The number of hydrogen-bond donors (Lipinski definition) is 1. The van der Waals surface area contributed by atoms with E-state index >= 15 is 0 Å². The Hall–Kier alpha value is -2.03. The van der Waals surface area contributed by atoms with Crippen LogP contribution < -0.4 is 0 Å². The molecule has 0 unspecified atom stereocenters. The fraction of sp³-hybridized carbons (Fsp3) is 0.154. The van der Waals surface area contributed by atoms with Crippen molar-refractivity contribution in [2.45, 2.75) is 12.8 Å². The summed E-state index contributed by atoms with van der Waals surface area (Å²) in [6.45, 7) is 0. The summed E-state index contributed by atoms with van der Waals surface area (Å²) in [5, 5.41) is 9.52. The maximum absolute atomic E-state index is 10.3. The summed E-state index contributed by atoms with van der Waals surface area (Å²) in [6, 6.07) is 9.70. The number of aliphatic carboxylic acids is 1. The zero-order chi connectivity index (χ0) is 11.4. The van der Waals surface area contributed by atoms with E-state index < -0.39 is 5.97 Å². The predicted molar refractivity (Wildman–Crippen MR) is 62.1 cm³/mol. The first-order valence-corrected chi connectivity index (χ1v) is 5.12. The Balaban J connectivity index is 2.06. The average molecular weight is 216 g/mol. The first-order chi connectivity index (χ1) is 7.75. The molecule has 0 aliphatic carbocycles. The lowest BCUT2D eigenvalue weighted by Gasteiger charge is -1.87. The SMILES string of the molecule is O=C(O)CCC=Cc1cc2ccccc2o1. The monoisotopic (exact) mass is 216 g/mol. The van der Waals surface area contributed by atoms with Gasteiger partial charge in [-0.1, -0.05) is 24.3 Å². The van der Waals surface area contributed by atoms with E-state index in [-0.39, 0.29) is 6.42 Å². The Morgan fingerprint density at radius 3 is 2.94 bits per heavy atom. The van der Waals surface area contributed by atoms with E-state index in [1.807, 2.05) is 42.5 Å². The molecule has 0 spiro atoms. The van der Waals surface area contributed by atoms with E-state index in [1.165, 1.54) is 0 Å². The summed E-state index contributed by atoms with van der Waals surface area (Å²) < 4.78 is 5.54. The Morgan fingerprint density at radius 2 is 2.19 bits per heavy atom. The first-order valence-electron chi connectivity index (χ1n) is 5.12. The van der Waals surface area contributed by atoms with Gasteiger partial charge >= 0.3 is 5.97 Å². The van der Waals surface area contributed by atoms with E-state index in [1.54, 1.807) is 0 Å². The Morgan fingerprint density at radius 1 is 1.38 bits per heavy atom. The van der Waals surface area contributed by atoms with Crippen LogP contribution >= 0.6 is 0 Å². The molecule has 3 heteroatoms. The standard InChI is InChI=1S/C13H12O3/c14-13(15)8-4-2-6-11-9-10-5-1-3-7-12(10)16-11/h1-3,5-7,9H,4,8H2,(H,14,15). The summed E-state index contributed by atoms with van der Waals surface area (Å²) in [5.41, 5.74) is 0.848. The minimum atomic E-state index is -0.783. The van der Waals surface area contributed by atoms with Gasteiger partial charge in [0, 0.05) is 11.8 Å². The third-order valence-electron chi connectivity index (χ3n) is 2.25. The van der Waals surface area contributed by atoms with Crippen molar-refractivity contribution in [3.63, 3.8) is 0 Å². The molecule has 0 saturated heterocycles. The zero-order valence-electron chi connectivity index (χ0n) is 8.72. The van der Waals surface area contributed by atoms with Crippen molar-refractivity contribution in [2.24, 2.45) is 0 Å². The molecule has 1 heterocycles. The fourth-order valence-electron chi connectivity index (χ4n) is 1.49. The average Bonchev–Trinajstić information content (AvgIpc) is 2.66. The normalized spacial score (nSPS) is 11.2. The van der Waals surface area contributed by atoms with Crippen molar-refractivity contribution in [2.75, 3.05) is 0 Å². The minimum absolute atomic E-state index is 0.150. The highest BCUT2D eigenvalue weighted by Gasteiger charge is 1.99. The molecule has 0 fully saturated rings. The van der Waals surface area contributed by atoms with E-state index in [9.17, 15) is 4.79 Å². The lowest BCUT2D eigenvalue weighted by molar-refractivity contribution is -0.136. The van der Waals surface area contributed by atoms with Crippen LogP contribution in [0.5, 0.6) is 0 Å². The lowest BCUT2D eigenvalue weighted by atomic mass is 10.2. The molecule has 0 aliphatic rings. The van der Waals surface area contributed by atoms with Gasteiger partial charge in [0.15, 0.2) is 0 Å². The predicted octanol–water partition coefficient (Wildman–Crippen LogP) is 3.31. The van der Waals surface area contributed by atoms with E-state index in [2.05, 4.69) is 0 Å². The molecule has 0 aliphatic heterocycles. The molecule has 0 amide bonds. The first kappa shape index (κ1) is 10.5. The van der Waals surface area contributed by atoms with Gasteiger partial charge in [-0.2, -0.15) is 0 Å². The summed E-state index contributed by atoms with van der Waals surface area (Å²) in [5.74, 6) is -0.0270. The smallest absolute Gasteiger partial charge is 0.303 e. The zero-order valence-corrected chi connectivity index (χ0v) is 8.72. The van der Waals surface area contributed by atoms with Crippen molar-refractivity contribution in [1.82, 2.24) is 0 Å². The number of hydrogen-bond acceptors (Lipinski definition) is 2. The van der Waals surface area contributed by atoms with Crippen molar-refractivity contribution in [1.29, 1.82) is 0 Å². The summed E-state index contributed by atoms with van der Waals surface area (Å²) in [4.78, 5) is 10.3. The van der Waals surface area contributed by atoms with Crippen molar-refractivity contribution in [3.05, 3.63) is 42.2 Å². The molecule has 2 aromatic rings. The maximum atomic E-state index is 10.3. The van der Waals surface area contributed by atoms with Crippen LogP contribution in [0.25, 0.3) is 17.0 Å². The third kappa shape index (κ3) is 2.51. The molecule has 3 nitrogen and oxygen atoms in total. The van der Waals surface area contributed by atoms with Crippen LogP contribution in [-0.2, 0) is 4.79 Å². The number of carbonyl (C=O) groups is 1. The Kier molecular flexibility index (Phi) is 3.05. The number of rotatable bonds is 4. The number of carboxylic acid groups (broad SMARTS) is 1. The minimum Gasteiger partial charge on any atom is -0.481 e. The van der Waals surface area contributed by atoms with Crippen LogP contribution in [0.1, 0.15) is 18.6 Å². The number of allylic oxidation sites excluding steroid dienone is 1. The van der Waals surface area contributed by atoms with Crippen LogP contribution in [0.15, 0.2) is 40.8 Å². The highest BCUT2D eigenvalue weighted by molar-refractivity contribution is 5.79. The molecule has 0 radical (unpaired) electrons. The number of carboxylic acids is 1. The van der Waals surface area contributed by atoms with Gasteiger partial charge < -0.3 is 9.52 Å². The second-order valence-electron chi connectivity index (χ2n) is 3.52. The number of benzene rings is 1. The van der Waals surface area contributed by atoms with E-state index in [4.69, 9.17) is 9.52 Å². The summed E-state index contributed by atoms with van der Waals surface area (Å²) >= 11 is 0. The number of para-hydroxylation sites is 1. The lowest BCUT2D eigenvalue weighted by Crippen LogP contribution is -1.91. The largest absolute Gasteiger partial charge is 0.481 e. The van der Waals surface area contributed by atoms with E-state index in [0.717, 1.165) is 16.7 Å². The van der Waals surface area contributed by atoms with Gasteiger partial charge in [0.2, 0.25) is 0 Å². The van der Waals surface area contributed by atoms with Gasteiger partial charge in [-0.15, -0.1) is 0 Å². The highest BCUT2D eigenvalue weighted by Crippen LogP contribution is 2.19. The number of furan rings is 1. The number of fused-ring (bicyclic) bond motifs is 1. The van der Waals surface area contributed by atoms with Crippen molar-refractivity contribution in [3.8, 4) is 0 Å². The topological polar surface area (TPSA) is 50.4 Å². The quantitative estimate of drug-likeness (QED) is 0.852. The second kappa shape index (κ2) is 4.66. The van der Waals surface area contributed by atoms with Gasteiger partial charge in [0.1, 0.15) is 11.3 Å². The molecule has 1 N–H and O–H groups in total. The highest BCUT2D eigenvalue weighted by atomic mass is 16.4. The van der Waals surface area contributed by atoms with Gasteiger partial charge in [-0.3, -0.25) is 4.79 Å². The van der Waals surface area contributed by atoms with Crippen LogP contribution in [0, 0.1) is 0 Å². The Bertz CT molecular complexity index is 490. The molecule has 82 valence electrons. The molecule has 1 aromatic heterocycles.